The molecule has 0 saturated heterocycles. The highest BCUT2D eigenvalue weighted by Gasteiger charge is 2.37. The van der Waals surface area contributed by atoms with Gasteiger partial charge < -0.3 is 10.0 Å². The summed E-state index contributed by atoms with van der Waals surface area (Å²) < 4.78 is 26.6. The second-order valence-electron chi connectivity index (χ2n) is 6.55. The lowest BCUT2D eigenvalue weighted by Gasteiger charge is -2.19. The minimum atomic E-state index is -3.54. The molecule has 0 fully saturated rings. The van der Waals surface area contributed by atoms with E-state index in [9.17, 15) is 13.5 Å². The van der Waals surface area contributed by atoms with E-state index in [0.717, 1.165) is 18.5 Å². The summed E-state index contributed by atoms with van der Waals surface area (Å²) in [7, 11) is 0.419. The topological polar surface area (TPSA) is 57.6 Å². The molecule has 2 aromatic rings. The molecule has 1 N–H and O–H groups in total. The number of benzene rings is 2. The normalized spacial score (nSPS) is 21.8. The molecule has 0 bridgehead atoms. The van der Waals surface area contributed by atoms with Crippen LogP contribution in [0.2, 0.25) is 0 Å². The van der Waals surface area contributed by atoms with Gasteiger partial charge in [-0.15, -0.1) is 0 Å². The van der Waals surface area contributed by atoms with Crippen molar-refractivity contribution in [1.29, 1.82) is 0 Å². The summed E-state index contributed by atoms with van der Waals surface area (Å²) in [6, 6.07) is 14.2. The van der Waals surface area contributed by atoms with Crippen LogP contribution in [0.1, 0.15) is 40.9 Å². The molecular weight excluding hydrogens is 322 g/mol. The summed E-state index contributed by atoms with van der Waals surface area (Å²) >= 11 is 0. The summed E-state index contributed by atoms with van der Waals surface area (Å²) in [6.07, 6.45) is 0.410. The number of fused-ring (bicyclic) bond motifs is 2. The maximum Gasteiger partial charge on any atom is 0.185 e. The molecule has 2 atom stereocenters. The minimum absolute atomic E-state index is 0.253. The van der Waals surface area contributed by atoms with Crippen LogP contribution in [0.3, 0.4) is 0 Å². The molecule has 2 unspecified atom stereocenters. The highest BCUT2D eigenvalue weighted by atomic mass is 32.2. The number of hydrogen-bond donors (Lipinski definition) is 1. The quantitative estimate of drug-likeness (QED) is 0.926. The molecule has 0 saturated carbocycles. The van der Waals surface area contributed by atoms with E-state index in [2.05, 4.69) is 4.90 Å². The first kappa shape index (κ1) is 17.1. The molecule has 1 heterocycles. The van der Waals surface area contributed by atoms with Crippen LogP contribution in [-0.4, -0.2) is 39.1 Å². The zero-order valence-electron chi connectivity index (χ0n) is 14.0. The third-order valence-electron chi connectivity index (χ3n) is 4.60. The van der Waals surface area contributed by atoms with Gasteiger partial charge in [-0.25, -0.2) is 8.42 Å². The van der Waals surface area contributed by atoms with Gasteiger partial charge in [-0.3, -0.25) is 0 Å². The van der Waals surface area contributed by atoms with Gasteiger partial charge in [-0.05, 0) is 50.7 Å². The van der Waals surface area contributed by atoms with Gasteiger partial charge >= 0.3 is 0 Å². The molecule has 0 radical (unpaired) electrons. The molecule has 4 nitrogen and oxygen atoms in total. The van der Waals surface area contributed by atoms with Crippen LogP contribution in [0.5, 0.6) is 0 Å². The van der Waals surface area contributed by atoms with Crippen LogP contribution in [0.15, 0.2) is 53.4 Å². The number of rotatable bonds is 4. The third kappa shape index (κ3) is 2.99. The SMILES string of the molecule is CN(C)CCCC1c2ccccc2C(O)c2ccccc2S1(=O)=O. The van der Waals surface area contributed by atoms with Crippen molar-refractivity contribution in [1.82, 2.24) is 4.90 Å². The molecule has 1 aliphatic heterocycles. The van der Waals surface area contributed by atoms with Gasteiger partial charge in [-0.1, -0.05) is 42.5 Å². The summed E-state index contributed by atoms with van der Waals surface area (Å²) in [5, 5.41) is 10.2. The fourth-order valence-corrected chi connectivity index (χ4v) is 5.52. The molecule has 0 aliphatic carbocycles. The maximum atomic E-state index is 13.3. The largest absolute Gasteiger partial charge is 0.384 e. The third-order valence-corrected chi connectivity index (χ3v) is 6.83. The lowest BCUT2D eigenvalue weighted by atomic mass is 9.94. The minimum Gasteiger partial charge on any atom is -0.384 e. The van der Waals surface area contributed by atoms with E-state index in [1.54, 1.807) is 24.3 Å². The van der Waals surface area contributed by atoms with Gasteiger partial charge in [0.05, 0.1) is 10.1 Å². The second kappa shape index (κ2) is 6.67. The summed E-state index contributed by atoms with van der Waals surface area (Å²) in [5.74, 6) is 0. The van der Waals surface area contributed by atoms with E-state index in [0.29, 0.717) is 17.5 Å². The summed E-state index contributed by atoms with van der Waals surface area (Å²) in [5.41, 5.74) is 1.89. The van der Waals surface area contributed by atoms with Crippen molar-refractivity contribution in [3.63, 3.8) is 0 Å². The Morgan fingerprint density at radius 2 is 1.54 bits per heavy atom. The fourth-order valence-electron chi connectivity index (χ4n) is 3.41. The molecule has 0 spiro atoms. The van der Waals surface area contributed by atoms with E-state index in [1.807, 2.05) is 38.4 Å². The Bertz CT molecular complexity index is 830. The second-order valence-corrected chi connectivity index (χ2v) is 8.65. The number of nitrogens with zero attached hydrogens (tertiary/aromatic N) is 1. The molecule has 2 aromatic carbocycles. The van der Waals surface area contributed by atoms with Crippen LogP contribution in [-0.2, 0) is 9.84 Å². The average molecular weight is 345 g/mol. The predicted molar refractivity (Wildman–Crippen MR) is 94.7 cm³/mol. The van der Waals surface area contributed by atoms with Gasteiger partial charge in [-0.2, -0.15) is 0 Å². The van der Waals surface area contributed by atoms with Crippen molar-refractivity contribution in [2.75, 3.05) is 20.6 Å². The van der Waals surface area contributed by atoms with Crippen molar-refractivity contribution in [3.05, 3.63) is 65.2 Å². The van der Waals surface area contributed by atoms with E-state index in [-0.39, 0.29) is 4.90 Å². The van der Waals surface area contributed by atoms with E-state index in [1.165, 1.54) is 0 Å². The van der Waals surface area contributed by atoms with Gasteiger partial charge in [0.1, 0.15) is 6.10 Å². The van der Waals surface area contributed by atoms with Crippen LogP contribution >= 0.6 is 0 Å². The Hall–Kier alpha value is -1.69. The zero-order valence-corrected chi connectivity index (χ0v) is 14.8. The highest BCUT2D eigenvalue weighted by Crippen LogP contribution is 2.43. The monoisotopic (exact) mass is 345 g/mol. The van der Waals surface area contributed by atoms with Gasteiger partial charge in [0.25, 0.3) is 0 Å². The molecule has 5 heteroatoms. The number of aliphatic hydroxyl groups excluding tert-OH is 1. The Morgan fingerprint density at radius 3 is 2.21 bits per heavy atom. The Balaban J connectivity index is 2.14. The van der Waals surface area contributed by atoms with E-state index >= 15 is 0 Å². The standard InChI is InChI=1S/C19H23NO3S/c1-20(2)13-7-12-17-14-8-3-4-9-15(14)19(21)16-10-5-6-11-18(16)24(17,22)23/h3-6,8-11,17,19,21H,7,12-13H2,1-2H3. The lowest BCUT2D eigenvalue weighted by molar-refractivity contribution is 0.216. The first-order valence-electron chi connectivity index (χ1n) is 8.17. The van der Waals surface area contributed by atoms with Crippen molar-refractivity contribution < 1.29 is 13.5 Å². The molecule has 128 valence electrons. The number of hydrogen-bond acceptors (Lipinski definition) is 4. The summed E-state index contributed by atoms with van der Waals surface area (Å²) in [4.78, 5) is 2.31. The van der Waals surface area contributed by atoms with Crippen LogP contribution in [0.25, 0.3) is 0 Å². The number of sulfone groups is 1. The Kier molecular flexibility index (Phi) is 4.76. The Morgan fingerprint density at radius 1 is 0.958 bits per heavy atom. The Labute approximate surface area is 143 Å². The smallest absolute Gasteiger partial charge is 0.185 e. The van der Waals surface area contributed by atoms with E-state index < -0.39 is 21.2 Å². The summed E-state index contributed by atoms with van der Waals surface area (Å²) in [6.45, 7) is 0.832. The first-order valence-corrected chi connectivity index (χ1v) is 9.72. The highest BCUT2D eigenvalue weighted by molar-refractivity contribution is 7.91. The molecule has 3 rings (SSSR count). The van der Waals surface area contributed by atoms with Crippen molar-refractivity contribution in [2.24, 2.45) is 0 Å². The van der Waals surface area contributed by atoms with Crippen molar-refractivity contribution >= 4 is 9.84 Å². The molecule has 1 aliphatic rings. The molecule has 0 aromatic heterocycles. The maximum absolute atomic E-state index is 13.3. The van der Waals surface area contributed by atoms with Gasteiger partial charge in [0.15, 0.2) is 9.84 Å². The van der Waals surface area contributed by atoms with E-state index in [4.69, 9.17) is 0 Å². The van der Waals surface area contributed by atoms with Crippen molar-refractivity contribution in [2.45, 2.75) is 29.1 Å². The van der Waals surface area contributed by atoms with Crippen LogP contribution in [0.4, 0.5) is 0 Å². The lowest BCUT2D eigenvalue weighted by Crippen LogP contribution is -2.18. The van der Waals surface area contributed by atoms with Crippen LogP contribution in [0, 0.1) is 0 Å². The molecular formula is C19H23NO3S. The first-order chi connectivity index (χ1) is 11.4. The van der Waals surface area contributed by atoms with Gasteiger partial charge in [0.2, 0.25) is 0 Å². The number of aliphatic hydroxyl groups is 1. The van der Waals surface area contributed by atoms with Crippen molar-refractivity contribution in [3.8, 4) is 0 Å². The van der Waals surface area contributed by atoms with Gasteiger partial charge in [0, 0.05) is 5.56 Å². The predicted octanol–water partition coefficient (Wildman–Crippen LogP) is 2.94. The zero-order chi connectivity index (χ0) is 17.3. The molecule has 0 amide bonds. The average Bonchev–Trinajstić information content (AvgIpc) is 2.63. The molecule has 24 heavy (non-hydrogen) atoms. The fraction of sp³-hybridized carbons (Fsp3) is 0.368. The van der Waals surface area contributed by atoms with Crippen LogP contribution < -0.4 is 0 Å².